The van der Waals surface area contributed by atoms with Gasteiger partial charge in [0.2, 0.25) is 5.89 Å². The van der Waals surface area contributed by atoms with Gasteiger partial charge < -0.3 is 8.97 Å². The van der Waals surface area contributed by atoms with Crippen LogP contribution in [0.5, 0.6) is 0 Å². The third kappa shape index (κ3) is 2.40. The molecule has 0 saturated carbocycles. The van der Waals surface area contributed by atoms with Crippen LogP contribution < -0.4 is 0 Å². The number of benzene rings is 2. The highest BCUT2D eigenvalue weighted by Crippen LogP contribution is 2.26. The SMILES string of the molecule is O=S(O)c1ccc2nc(-c3ccc(Cl)cc3)oc2c1. The van der Waals surface area contributed by atoms with Crippen molar-refractivity contribution in [2.75, 3.05) is 0 Å². The summed E-state index contributed by atoms with van der Waals surface area (Å²) in [5.41, 5.74) is 1.91. The Morgan fingerprint density at radius 2 is 1.89 bits per heavy atom. The summed E-state index contributed by atoms with van der Waals surface area (Å²) < 4.78 is 25.6. The number of fused-ring (bicyclic) bond motifs is 1. The molecule has 3 aromatic rings. The van der Waals surface area contributed by atoms with E-state index in [0.29, 0.717) is 22.0 Å². The Bertz CT molecular complexity index is 767. The fourth-order valence-corrected chi connectivity index (χ4v) is 2.25. The molecule has 1 N–H and O–H groups in total. The second kappa shape index (κ2) is 4.77. The maximum Gasteiger partial charge on any atom is 0.227 e. The first-order valence-corrected chi connectivity index (χ1v) is 6.89. The van der Waals surface area contributed by atoms with Gasteiger partial charge in [-0.3, -0.25) is 0 Å². The van der Waals surface area contributed by atoms with E-state index in [-0.39, 0.29) is 4.90 Å². The molecule has 0 bridgehead atoms. The highest BCUT2D eigenvalue weighted by molar-refractivity contribution is 7.79. The van der Waals surface area contributed by atoms with Crippen molar-refractivity contribution in [3.05, 3.63) is 47.5 Å². The standard InChI is InChI=1S/C13H8ClNO3S/c14-9-3-1-8(2-4-9)13-15-11-6-5-10(19(16)17)7-12(11)18-13/h1-7H,(H,16,17). The van der Waals surface area contributed by atoms with E-state index in [1.807, 2.05) is 0 Å². The van der Waals surface area contributed by atoms with Gasteiger partial charge in [-0.1, -0.05) is 11.6 Å². The summed E-state index contributed by atoms with van der Waals surface area (Å²) in [6.45, 7) is 0. The monoisotopic (exact) mass is 293 g/mol. The van der Waals surface area contributed by atoms with Crippen molar-refractivity contribution in [3.8, 4) is 11.5 Å². The van der Waals surface area contributed by atoms with Crippen LogP contribution in [0.25, 0.3) is 22.6 Å². The van der Waals surface area contributed by atoms with Crippen molar-refractivity contribution >= 4 is 33.8 Å². The van der Waals surface area contributed by atoms with Crippen molar-refractivity contribution in [3.63, 3.8) is 0 Å². The van der Waals surface area contributed by atoms with E-state index >= 15 is 0 Å². The second-order valence-electron chi connectivity index (χ2n) is 3.90. The largest absolute Gasteiger partial charge is 0.436 e. The summed E-state index contributed by atoms with van der Waals surface area (Å²) in [5, 5.41) is 0.637. The van der Waals surface area contributed by atoms with E-state index < -0.39 is 11.1 Å². The van der Waals surface area contributed by atoms with E-state index in [1.54, 1.807) is 36.4 Å². The Balaban J connectivity index is 2.11. The average Bonchev–Trinajstić information content (AvgIpc) is 2.82. The van der Waals surface area contributed by atoms with Crippen molar-refractivity contribution in [2.24, 2.45) is 0 Å². The van der Waals surface area contributed by atoms with Crippen LogP contribution in [0.15, 0.2) is 51.8 Å². The molecule has 1 heterocycles. The molecule has 4 nitrogen and oxygen atoms in total. The summed E-state index contributed by atoms with van der Waals surface area (Å²) in [6, 6.07) is 11.8. The number of hydrogen-bond acceptors (Lipinski definition) is 3. The van der Waals surface area contributed by atoms with E-state index in [9.17, 15) is 4.21 Å². The fraction of sp³-hybridized carbons (Fsp3) is 0. The number of halogens is 1. The van der Waals surface area contributed by atoms with E-state index in [2.05, 4.69) is 4.98 Å². The number of aromatic nitrogens is 1. The average molecular weight is 294 g/mol. The minimum absolute atomic E-state index is 0.284. The van der Waals surface area contributed by atoms with Crippen molar-refractivity contribution < 1.29 is 13.2 Å². The molecule has 0 amide bonds. The fourth-order valence-electron chi connectivity index (χ4n) is 1.73. The Labute approximate surface area is 116 Å². The molecule has 96 valence electrons. The molecule has 0 aliphatic heterocycles. The third-order valence-electron chi connectivity index (χ3n) is 2.65. The lowest BCUT2D eigenvalue weighted by Crippen LogP contribution is -1.86. The van der Waals surface area contributed by atoms with Gasteiger partial charge in [0.25, 0.3) is 0 Å². The molecule has 0 aliphatic rings. The zero-order valence-electron chi connectivity index (χ0n) is 9.54. The Kier molecular flexibility index (Phi) is 3.10. The lowest BCUT2D eigenvalue weighted by atomic mass is 10.2. The zero-order chi connectivity index (χ0) is 13.4. The Morgan fingerprint density at radius 1 is 1.16 bits per heavy atom. The second-order valence-corrected chi connectivity index (χ2v) is 5.31. The van der Waals surface area contributed by atoms with Gasteiger partial charge in [-0.2, -0.15) is 0 Å². The lowest BCUT2D eigenvalue weighted by molar-refractivity contribution is 0.563. The minimum atomic E-state index is -2.03. The number of hydrogen-bond donors (Lipinski definition) is 1. The Morgan fingerprint density at radius 3 is 2.58 bits per heavy atom. The van der Waals surface area contributed by atoms with Crippen molar-refractivity contribution in [1.29, 1.82) is 0 Å². The van der Waals surface area contributed by atoms with E-state index in [0.717, 1.165) is 5.56 Å². The molecule has 1 aromatic heterocycles. The lowest BCUT2D eigenvalue weighted by Gasteiger charge is -1.94. The Hall–Kier alpha value is -1.69. The van der Waals surface area contributed by atoms with Gasteiger partial charge in [-0.05, 0) is 36.4 Å². The molecular weight excluding hydrogens is 286 g/mol. The van der Waals surface area contributed by atoms with Gasteiger partial charge in [0.05, 0.1) is 4.90 Å². The highest BCUT2D eigenvalue weighted by Gasteiger charge is 2.10. The summed E-state index contributed by atoms with van der Waals surface area (Å²) in [6.07, 6.45) is 0. The first-order valence-electron chi connectivity index (χ1n) is 5.41. The van der Waals surface area contributed by atoms with E-state index in [1.165, 1.54) is 6.07 Å². The summed E-state index contributed by atoms with van der Waals surface area (Å²) in [5.74, 6) is 0.451. The quantitative estimate of drug-likeness (QED) is 0.731. The molecule has 0 radical (unpaired) electrons. The predicted octanol–water partition coefficient (Wildman–Crippen LogP) is 3.73. The van der Waals surface area contributed by atoms with Crippen LogP contribution in [0.4, 0.5) is 0 Å². The van der Waals surface area contributed by atoms with Crippen LogP contribution in [0, 0.1) is 0 Å². The number of nitrogens with zero attached hydrogens (tertiary/aromatic N) is 1. The zero-order valence-corrected chi connectivity index (χ0v) is 11.1. The van der Waals surface area contributed by atoms with Crippen LogP contribution in [-0.2, 0) is 11.1 Å². The topological polar surface area (TPSA) is 63.3 Å². The molecule has 2 aromatic carbocycles. The molecule has 19 heavy (non-hydrogen) atoms. The smallest absolute Gasteiger partial charge is 0.227 e. The first kappa shape index (κ1) is 12.3. The van der Waals surface area contributed by atoms with Crippen molar-refractivity contribution in [1.82, 2.24) is 4.98 Å². The number of rotatable bonds is 2. The molecule has 6 heteroatoms. The molecule has 1 atom stereocenters. The van der Waals surface area contributed by atoms with Crippen LogP contribution in [0.2, 0.25) is 5.02 Å². The van der Waals surface area contributed by atoms with Gasteiger partial charge in [0.15, 0.2) is 16.7 Å². The maximum atomic E-state index is 11.0. The van der Waals surface area contributed by atoms with Crippen LogP contribution in [0.1, 0.15) is 0 Å². The highest BCUT2D eigenvalue weighted by atomic mass is 35.5. The van der Waals surface area contributed by atoms with Gasteiger partial charge in [0, 0.05) is 16.7 Å². The minimum Gasteiger partial charge on any atom is -0.436 e. The molecule has 1 unspecified atom stereocenters. The number of oxazole rings is 1. The van der Waals surface area contributed by atoms with Gasteiger partial charge >= 0.3 is 0 Å². The maximum absolute atomic E-state index is 11.0. The normalized spacial score (nSPS) is 12.7. The van der Waals surface area contributed by atoms with Crippen LogP contribution >= 0.6 is 11.6 Å². The molecular formula is C13H8ClNO3S. The third-order valence-corrected chi connectivity index (χ3v) is 3.56. The summed E-state index contributed by atoms with van der Waals surface area (Å²) in [7, 11) is 0. The van der Waals surface area contributed by atoms with Gasteiger partial charge in [-0.15, -0.1) is 0 Å². The molecule has 0 saturated heterocycles. The first-order chi connectivity index (χ1) is 9.13. The van der Waals surface area contributed by atoms with E-state index in [4.69, 9.17) is 20.6 Å². The predicted molar refractivity (Wildman–Crippen MR) is 73.5 cm³/mol. The molecule has 3 rings (SSSR count). The van der Waals surface area contributed by atoms with Crippen LogP contribution in [-0.4, -0.2) is 13.7 Å². The van der Waals surface area contributed by atoms with Gasteiger partial charge in [-0.25, -0.2) is 9.19 Å². The van der Waals surface area contributed by atoms with Crippen LogP contribution in [0.3, 0.4) is 0 Å². The van der Waals surface area contributed by atoms with Gasteiger partial charge in [0.1, 0.15) is 5.52 Å². The van der Waals surface area contributed by atoms with Crippen molar-refractivity contribution in [2.45, 2.75) is 4.90 Å². The summed E-state index contributed by atoms with van der Waals surface area (Å²) in [4.78, 5) is 4.61. The molecule has 0 aliphatic carbocycles. The summed E-state index contributed by atoms with van der Waals surface area (Å²) >= 11 is 3.79. The molecule has 0 spiro atoms. The molecule has 0 fully saturated rings.